The minimum Gasteiger partial charge on any atom is -0.374 e. The second-order valence-corrected chi connectivity index (χ2v) is 5.85. The molecule has 0 aromatic heterocycles. The average Bonchev–Trinajstić information content (AvgIpc) is 2.42. The molecule has 1 atom stereocenters. The molecule has 0 spiro atoms. The first-order chi connectivity index (χ1) is 9.72. The molecule has 3 nitrogen and oxygen atoms in total. The fourth-order valence-electron chi connectivity index (χ4n) is 1.64. The van der Waals surface area contributed by atoms with Crippen LogP contribution in [0.4, 0.5) is 13.2 Å². The maximum Gasteiger partial charge on any atom is 0.416 e. The maximum atomic E-state index is 12.7. The molecule has 1 aromatic rings. The number of alkyl halides is 3. The molecule has 0 unspecified atom stereocenters. The number of aliphatic hydroxyl groups excluding tert-OH is 1. The van der Waals surface area contributed by atoms with Gasteiger partial charge in [0.2, 0.25) is 0 Å². The minimum absolute atomic E-state index is 0.102. The summed E-state index contributed by atoms with van der Waals surface area (Å²) in [6, 6.07) is 4.04. The molecule has 3 N–H and O–H groups in total. The van der Waals surface area contributed by atoms with E-state index in [1.165, 1.54) is 29.6 Å². The Labute approximate surface area is 128 Å². The fraction of sp³-hybridized carbons (Fsp3) is 0.308. The molecule has 0 bridgehead atoms. The zero-order valence-corrected chi connectivity index (χ0v) is 12.9. The van der Waals surface area contributed by atoms with Crippen molar-refractivity contribution in [3.63, 3.8) is 0 Å². The number of aliphatic hydroxyl groups is 1. The van der Waals surface area contributed by atoms with Crippen molar-refractivity contribution < 1.29 is 23.1 Å². The second kappa shape index (κ2) is 7.35. The summed E-state index contributed by atoms with van der Waals surface area (Å²) in [7, 11) is 0. The Morgan fingerprint density at radius 1 is 1.29 bits per heavy atom. The van der Waals surface area contributed by atoms with Crippen molar-refractivity contribution in [2.24, 2.45) is 5.73 Å². The van der Waals surface area contributed by atoms with Gasteiger partial charge in [-0.25, -0.2) is 0 Å². The molecular formula is C13H14F3NO2S2. The lowest BCUT2D eigenvalue weighted by Crippen LogP contribution is -2.28. The summed E-state index contributed by atoms with van der Waals surface area (Å²) in [6.07, 6.45) is -2.72. The van der Waals surface area contributed by atoms with Crippen LogP contribution in [-0.4, -0.2) is 29.6 Å². The Morgan fingerprint density at radius 3 is 2.29 bits per heavy atom. The van der Waals surface area contributed by atoms with Crippen LogP contribution in [0.1, 0.15) is 15.9 Å². The Hall–Kier alpha value is -0.960. The molecule has 1 rings (SSSR count). The monoisotopic (exact) mass is 337 g/mol. The van der Waals surface area contributed by atoms with Gasteiger partial charge in [-0.05, 0) is 24.6 Å². The van der Waals surface area contributed by atoms with Gasteiger partial charge in [0, 0.05) is 5.56 Å². The lowest BCUT2D eigenvalue weighted by atomic mass is 10.0. The molecule has 0 aliphatic heterocycles. The summed E-state index contributed by atoms with van der Waals surface area (Å²) < 4.78 is 38.5. The van der Waals surface area contributed by atoms with Crippen LogP contribution in [0.2, 0.25) is 0 Å². The largest absolute Gasteiger partial charge is 0.416 e. The normalized spacial score (nSPS) is 12.9. The van der Waals surface area contributed by atoms with Crippen LogP contribution >= 0.6 is 23.5 Å². The van der Waals surface area contributed by atoms with Gasteiger partial charge < -0.3 is 10.8 Å². The minimum atomic E-state index is -4.54. The van der Waals surface area contributed by atoms with Crippen LogP contribution in [0.15, 0.2) is 34.1 Å². The number of hydrogen-bond donors (Lipinski definition) is 2. The lowest BCUT2D eigenvalue weighted by molar-refractivity contribution is -0.137. The highest BCUT2D eigenvalue weighted by atomic mass is 32.2. The molecule has 0 saturated heterocycles. The van der Waals surface area contributed by atoms with Crippen LogP contribution < -0.4 is 5.73 Å². The number of rotatable bonds is 5. The molecule has 21 heavy (non-hydrogen) atoms. The fourth-order valence-corrected chi connectivity index (χ4v) is 3.18. The van der Waals surface area contributed by atoms with Crippen molar-refractivity contribution in [1.29, 1.82) is 0 Å². The number of thioether (sulfide) groups is 2. The van der Waals surface area contributed by atoms with Gasteiger partial charge in [-0.1, -0.05) is 12.1 Å². The number of Topliss-reactive ketones (excluding diaryl/α,β-unsaturated/α-hetero) is 1. The van der Waals surface area contributed by atoms with Crippen molar-refractivity contribution in [1.82, 2.24) is 0 Å². The topological polar surface area (TPSA) is 63.3 Å². The van der Waals surface area contributed by atoms with E-state index in [9.17, 15) is 23.1 Å². The highest BCUT2D eigenvalue weighted by molar-refractivity contribution is 8.21. The first-order valence-electron chi connectivity index (χ1n) is 5.70. The first-order valence-corrected chi connectivity index (χ1v) is 8.15. The van der Waals surface area contributed by atoms with Gasteiger partial charge in [0.15, 0.2) is 5.78 Å². The highest BCUT2D eigenvalue weighted by Crippen LogP contribution is 2.32. The number of hydrogen-bond acceptors (Lipinski definition) is 5. The molecule has 0 heterocycles. The summed E-state index contributed by atoms with van der Waals surface area (Å²) in [5.74, 6) is -0.713. The Bertz CT molecular complexity index is 551. The highest BCUT2D eigenvalue weighted by Gasteiger charge is 2.31. The summed E-state index contributed by atoms with van der Waals surface area (Å²) >= 11 is 2.40. The summed E-state index contributed by atoms with van der Waals surface area (Å²) in [4.78, 5) is 12.3. The van der Waals surface area contributed by atoms with Gasteiger partial charge in [-0.2, -0.15) is 13.2 Å². The van der Waals surface area contributed by atoms with Crippen LogP contribution in [0, 0.1) is 0 Å². The molecule has 0 fully saturated rings. The van der Waals surface area contributed by atoms with Crippen LogP contribution in [-0.2, 0) is 6.18 Å². The zero-order chi connectivity index (χ0) is 16.2. The molecule has 8 heteroatoms. The average molecular weight is 337 g/mol. The van der Waals surface area contributed by atoms with E-state index in [1.807, 2.05) is 0 Å². The third-order valence-electron chi connectivity index (χ3n) is 2.58. The van der Waals surface area contributed by atoms with Crippen LogP contribution in [0.5, 0.6) is 0 Å². The summed E-state index contributed by atoms with van der Waals surface area (Å²) in [5, 5.41) is 9.56. The predicted octanol–water partition coefficient (Wildman–Crippen LogP) is 3.10. The summed E-state index contributed by atoms with van der Waals surface area (Å²) in [6.45, 7) is 0. The number of benzene rings is 1. The Kier molecular flexibility index (Phi) is 6.33. The Balaban J connectivity index is 3.32. The number of carbonyl (C=O) groups is 1. The first kappa shape index (κ1) is 18.1. The van der Waals surface area contributed by atoms with Gasteiger partial charge in [-0.3, -0.25) is 4.79 Å². The van der Waals surface area contributed by atoms with E-state index in [2.05, 4.69) is 0 Å². The SMILES string of the molecule is CSC(SC)=C(C(=O)c1cccc(C(F)(F)F)c1)[C@H](N)O. The van der Waals surface area contributed by atoms with Crippen molar-refractivity contribution in [3.8, 4) is 0 Å². The molecule has 0 amide bonds. The quantitative estimate of drug-likeness (QED) is 0.491. The van der Waals surface area contributed by atoms with Crippen molar-refractivity contribution in [2.75, 3.05) is 12.5 Å². The molecule has 1 aromatic carbocycles. The standard InChI is InChI=1S/C13H14F3NO2S2/c1-20-12(21-2)9(11(17)19)10(18)7-4-3-5-8(6-7)13(14,15)16/h3-6,11,19H,17H2,1-2H3/t11-/m1/s1. The van der Waals surface area contributed by atoms with E-state index in [-0.39, 0.29) is 11.1 Å². The molecular weight excluding hydrogens is 323 g/mol. The number of ketones is 1. The second-order valence-electron chi connectivity index (χ2n) is 3.96. The van der Waals surface area contributed by atoms with Gasteiger partial charge in [0.1, 0.15) is 6.23 Å². The van der Waals surface area contributed by atoms with Crippen molar-refractivity contribution >= 4 is 29.3 Å². The zero-order valence-electron chi connectivity index (χ0n) is 11.3. The van der Waals surface area contributed by atoms with E-state index < -0.39 is 23.8 Å². The van der Waals surface area contributed by atoms with Crippen molar-refractivity contribution in [2.45, 2.75) is 12.4 Å². The number of nitrogens with two attached hydrogens (primary N) is 1. The molecule has 0 aliphatic carbocycles. The molecule has 0 saturated carbocycles. The predicted molar refractivity (Wildman–Crippen MR) is 80.0 cm³/mol. The number of halogens is 3. The third kappa shape index (κ3) is 4.50. The van der Waals surface area contributed by atoms with Gasteiger partial charge in [0.05, 0.1) is 15.4 Å². The third-order valence-corrected chi connectivity index (χ3v) is 4.76. The van der Waals surface area contributed by atoms with E-state index in [1.54, 1.807) is 12.5 Å². The van der Waals surface area contributed by atoms with Crippen molar-refractivity contribution in [3.05, 3.63) is 45.2 Å². The Morgan fingerprint density at radius 2 is 1.86 bits per heavy atom. The van der Waals surface area contributed by atoms with Gasteiger partial charge in [-0.15, -0.1) is 23.5 Å². The van der Waals surface area contributed by atoms with Gasteiger partial charge in [0.25, 0.3) is 0 Å². The van der Waals surface area contributed by atoms with E-state index in [4.69, 9.17) is 5.73 Å². The molecule has 116 valence electrons. The maximum absolute atomic E-state index is 12.7. The van der Waals surface area contributed by atoms with E-state index in [0.717, 1.165) is 18.2 Å². The van der Waals surface area contributed by atoms with Crippen LogP contribution in [0.3, 0.4) is 0 Å². The van der Waals surface area contributed by atoms with E-state index >= 15 is 0 Å². The van der Waals surface area contributed by atoms with Crippen LogP contribution in [0.25, 0.3) is 0 Å². The van der Waals surface area contributed by atoms with Gasteiger partial charge >= 0.3 is 6.18 Å². The summed E-state index contributed by atoms with van der Waals surface area (Å²) in [5.41, 5.74) is 4.19. The lowest BCUT2D eigenvalue weighted by Gasteiger charge is -2.15. The smallest absolute Gasteiger partial charge is 0.374 e. The molecule has 0 radical (unpaired) electrons. The number of carbonyl (C=O) groups excluding carboxylic acids is 1. The van der Waals surface area contributed by atoms with E-state index in [0.29, 0.717) is 4.24 Å². The molecule has 0 aliphatic rings.